The fourth-order valence-electron chi connectivity index (χ4n) is 2.32. The molecule has 0 spiro atoms. The molecular formula is C15H19F2NO2. The summed E-state index contributed by atoms with van der Waals surface area (Å²) in [7, 11) is 1.44. The summed E-state index contributed by atoms with van der Waals surface area (Å²) in [5, 5.41) is 3.37. The number of halogens is 2. The minimum absolute atomic E-state index is 0.115. The van der Waals surface area contributed by atoms with Crippen LogP contribution < -0.4 is 14.8 Å². The van der Waals surface area contributed by atoms with E-state index in [0.29, 0.717) is 23.9 Å². The molecule has 0 heterocycles. The first-order valence-electron chi connectivity index (χ1n) is 6.69. The van der Waals surface area contributed by atoms with Crippen LogP contribution in [0.1, 0.15) is 24.8 Å². The smallest absolute Gasteiger partial charge is 0.387 e. The standard InChI is InChI=1S/C15H19F2NO2/c1-19-13-9-5-6-11(14(13)20-15(16)17)10-18-12-7-3-2-4-8-12/h2-3,5-6,9,12,15,18H,4,7-8,10H2,1H3. The third kappa shape index (κ3) is 3.93. The van der Waals surface area contributed by atoms with Crippen molar-refractivity contribution in [2.75, 3.05) is 7.11 Å². The van der Waals surface area contributed by atoms with E-state index in [1.807, 2.05) is 0 Å². The van der Waals surface area contributed by atoms with Gasteiger partial charge in [0, 0.05) is 18.2 Å². The summed E-state index contributed by atoms with van der Waals surface area (Å²) in [5.41, 5.74) is 0.680. The van der Waals surface area contributed by atoms with Gasteiger partial charge in [0.25, 0.3) is 0 Å². The van der Waals surface area contributed by atoms with Crippen LogP contribution in [0.3, 0.4) is 0 Å². The van der Waals surface area contributed by atoms with E-state index in [4.69, 9.17) is 4.74 Å². The van der Waals surface area contributed by atoms with Gasteiger partial charge in [0.2, 0.25) is 0 Å². The first-order chi connectivity index (χ1) is 9.70. The normalized spacial score (nSPS) is 18.3. The van der Waals surface area contributed by atoms with Crippen LogP contribution in [-0.2, 0) is 6.54 Å². The largest absolute Gasteiger partial charge is 0.493 e. The van der Waals surface area contributed by atoms with Crippen LogP contribution in [0.4, 0.5) is 8.78 Å². The van der Waals surface area contributed by atoms with Crippen LogP contribution in [0.15, 0.2) is 30.4 Å². The Morgan fingerprint density at radius 1 is 1.35 bits per heavy atom. The molecule has 0 bridgehead atoms. The fraction of sp³-hybridized carbons (Fsp3) is 0.467. The van der Waals surface area contributed by atoms with E-state index in [1.165, 1.54) is 7.11 Å². The molecule has 0 amide bonds. The number of nitrogens with one attached hydrogen (secondary N) is 1. The molecule has 1 aromatic rings. The molecule has 0 saturated carbocycles. The predicted octanol–water partition coefficient (Wildman–Crippen LogP) is 3.49. The van der Waals surface area contributed by atoms with Gasteiger partial charge in [0.15, 0.2) is 11.5 Å². The van der Waals surface area contributed by atoms with Crippen molar-refractivity contribution in [2.45, 2.75) is 38.5 Å². The van der Waals surface area contributed by atoms with Crippen molar-refractivity contribution >= 4 is 0 Å². The van der Waals surface area contributed by atoms with Gasteiger partial charge < -0.3 is 14.8 Å². The van der Waals surface area contributed by atoms with E-state index in [2.05, 4.69) is 22.2 Å². The molecule has 1 N–H and O–H groups in total. The van der Waals surface area contributed by atoms with Gasteiger partial charge in [0.1, 0.15) is 0 Å². The second-order valence-corrected chi connectivity index (χ2v) is 4.69. The summed E-state index contributed by atoms with van der Waals surface area (Å²) in [6.45, 7) is -2.37. The van der Waals surface area contributed by atoms with Crippen LogP contribution in [0.25, 0.3) is 0 Å². The van der Waals surface area contributed by atoms with Crippen LogP contribution in [0, 0.1) is 0 Å². The molecule has 0 aromatic heterocycles. The summed E-state index contributed by atoms with van der Waals surface area (Å²) < 4.78 is 34.7. The van der Waals surface area contributed by atoms with Crippen molar-refractivity contribution in [3.8, 4) is 11.5 Å². The van der Waals surface area contributed by atoms with Gasteiger partial charge in [-0.3, -0.25) is 0 Å². The van der Waals surface area contributed by atoms with E-state index in [-0.39, 0.29) is 5.75 Å². The van der Waals surface area contributed by atoms with E-state index in [1.54, 1.807) is 18.2 Å². The lowest BCUT2D eigenvalue weighted by molar-refractivity contribution is -0.0518. The number of allylic oxidation sites excluding steroid dienone is 1. The van der Waals surface area contributed by atoms with Crippen LogP contribution in [-0.4, -0.2) is 19.8 Å². The lowest BCUT2D eigenvalue weighted by Crippen LogP contribution is -2.29. The van der Waals surface area contributed by atoms with Crippen molar-refractivity contribution in [1.82, 2.24) is 5.32 Å². The van der Waals surface area contributed by atoms with E-state index < -0.39 is 6.61 Å². The summed E-state index contributed by atoms with van der Waals surface area (Å²) in [6.07, 6.45) is 7.38. The Morgan fingerprint density at radius 3 is 2.85 bits per heavy atom. The summed E-state index contributed by atoms with van der Waals surface area (Å²) in [4.78, 5) is 0. The molecule has 3 nitrogen and oxygen atoms in total. The number of para-hydroxylation sites is 1. The van der Waals surface area contributed by atoms with Crippen molar-refractivity contribution in [1.29, 1.82) is 0 Å². The zero-order valence-corrected chi connectivity index (χ0v) is 11.4. The van der Waals surface area contributed by atoms with Gasteiger partial charge in [-0.25, -0.2) is 0 Å². The Bertz CT molecular complexity index is 463. The van der Waals surface area contributed by atoms with E-state index in [0.717, 1.165) is 19.3 Å². The van der Waals surface area contributed by atoms with Crippen molar-refractivity contribution < 1.29 is 18.3 Å². The fourth-order valence-corrected chi connectivity index (χ4v) is 2.32. The molecule has 20 heavy (non-hydrogen) atoms. The molecule has 1 aliphatic carbocycles. The highest BCUT2D eigenvalue weighted by Crippen LogP contribution is 2.32. The Kier molecular flexibility index (Phi) is 5.35. The summed E-state index contributed by atoms with van der Waals surface area (Å²) in [5.74, 6) is 0.442. The molecule has 110 valence electrons. The van der Waals surface area contributed by atoms with E-state index in [9.17, 15) is 8.78 Å². The van der Waals surface area contributed by atoms with Crippen LogP contribution >= 0.6 is 0 Å². The minimum atomic E-state index is -2.86. The number of alkyl halides is 2. The van der Waals surface area contributed by atoms with Gasteiger partial charge >= 0.3 is 6.61 Å². The second kappa shape index (κ2) is 7.24. The zero-order valence-electron chi connectivity index (χ0n) is 11.4. The van der Waals surface area contributed by atoms with Gasteiger partial charge in [-0.1, -0.05) is 24.3 Å². The average Bonchev–Trinajstić information content (AvgIpc) is 2.46. The van der Waals surface area contributed by atoms with Crippen molar-refractivity contribution in [3.05, 3.63) is 35.9 Å². The Labute approximate surface area is 117 Å². The Balaban J connectivity index is 2.07. The van der Waals surface area contributed by atoms with Gasteiger partial charge in [0.05, 0.1) is 7.11 Å². The van der Waals surface area contributed by atoms with E-state index >= 15 is 0 Å². The zero-order chi connectivity index (χ0) is 14.4. The van der Waals surface area contributed by atoms with Crippen molar-refractivity contribution in [2.24, 2.45) is 0 Å². The lowest BCUT2D eigenvalue weighted by Gasteiger charge is -2.21. The monoisotopic (exact) mass is 283 g/mol. The Morgan fingerprint density at radius 2 is 2.20 bits per heavy atom. The first-order valence-corrected chi connectivity index (χ1v) is 6.69. The number of hydrogen-bond donors (Lipinski definition) is 1. The predicted molar refractivity (Wildman–Crippen MR) is 73.2 cm³/mol. The number of benzene rings is 1. The molecule has 1 aromatic carbocycles. The third-order valence-corrected chi connectivity index (χ3v) is 3.34. The SMILES string of the molecule is COc1cccc(CNC2CC=CCC2)c1OC(F)F. The highest BCUT2D eigenvalue weighted by molar-refractivity contribution is 5.46. The highest BCUT2D eigenvalue weighted by atomic mass is 19.3. The molecule has 2 rings (SSSR count). The summed E-state index contributed by atoms with van der Waals surface area (Å²) in [6, 6.07) is 5.54. The Hall–Kier alpha value is -1.62. The van der Waals surface area contributed by atoms with Crippen LogP contribution in [0.2, 0.25) is 0 Å². The maximum atomic E-state index is 12.5. The average molecular weight is 283 g/mol. The lowest BCUT2D eigenvalue weighted by atomic mass is 10.0. The first kappa shape index (κ1) is 14.8. The molecule has 1 unspecified atom stereocenters. The molecule has 0 saturated heterocycles. The molecule has 1 atom stereocenters. The molecule has 1 aliphatic rings. The molecule has 5 heteroatoms. The third-order valence-electron chi connectivity index (χ3n) is 3.34. The maximum absolute atomic E-state index is 12.5. The van der Waals surface area contributed by atoms with Gasteiger partial charge in [-0.15, -0.1) is 0 Å². The quantitative estimate of drug-likeness (QED) is 0.811. The molecule has 0 aliphatic heterocycles. The number of rotatable bonds is 6. The minimum Gasteiger partial charge on any atom is -0.493 e. The molecule has 0 radical (unpaired) electrons. The van der Waals surface area contributed by atoms with Gasteiger partial charge in [-0.05, 0) is 25.3 Å². The maximum Gasteiger partial charge on any atom is 0.387 e. The number of methoxy groups -OCH3 is 1. The van der Waals surface area contributed by atoms with Crippen molar-refractivity contribution in [3.63, 3.8) is 0 Å². The van der Waals surface area contributed by atoms with Crippen LogP contribution in [0.5, 0.6) is 11.5 Å². The molecular weight excluding hydrogens is 264 g/mol. The topological polar surface area (TPSA) is 30.5 Å². The number of ether oxygens (including phenoxy) is 2. The van der Waals surface area contributed by atoms with Gasteiger partial charge in [-0.2, -0.15) is 8.78 Å². The molecule has 0 fully saturated rings. The number of hydrogen-bond acceptors (Lipinski definition) is 3. The summed E-state index contributed by atoms with van der Waals surface area (Å²) >= 11 is 0. The second-order valence-electron chi connectivity index (χ2n) is 4.69. The highest BCUT2D eigenvalue weighted by Gasteiger charge is 2.16.